The van der Waals surface area contributed by atoms with E-state index < -0.39 is 38.0 Å². The van der Waals surface area contributed by atoms with Crippen molar-refractivity contribution in [3.05, 3.63) is 30.1 Å². The van der Waals surface area contributed by atoms with E-state index in [4.69, 9.17) is 19.9 Å². The van der Waals surface area contributed by atoms with Gasteiger partial charge in [-0.1, -0.05) is 0 Å². The third-order valence-electron chi connectivity index (χ3n) is 3.22. The average Bonchev–Trinajstić information content (AvgIpc) is 2.72. The van der Waals surface area contributed by atoms with E-state index in [0.717, 1.165) is 6.66 Å². The number of aliphatic hydroxyl groups excluding tert-OH is 2. The molecule has 1 aromatic heterocycles. The molecule has 0 aromatic carbocycles. The predicted octanol–water partition coefficient (Wildman–Crippen LogP) is -1.48. The highest BCUT2D eigenvalue weighted by atomic mass is 31.2. The highest BCUT2D eigenvalue weighted by molar-refractivity contribution is 7.51. The molecule has 0 aliphatic carbocycles. The second-order valence-corrected chi connectivity index (χ2v) is 6.91. The summed E-state index contributed by atoms with van der Waals surface area (Å²) in [6, 6.07) is 3.04. The molecule has 0 radical (unpaired) electrons. The minimum atomic E-state index is -3.72. The van der Waals surface area contributed by atoms with Gasteiger partial charge < -0.3 is 30.1 Å². The average molecular weight is 333 g/mol. The van der Waals surface area contributed by atoms with Gasteiger partial charge in [0.2, 0.25) is 0 Å². The third-order valence-corrected chi connectivity index (χ3v) is 3.84. The largest absolute Gasteiger partial charge is 0.387 e. The summed E-state index contributed by atoms with van der Waals surface area (Å²) in [4.78, 5) is 20.3. The number of hydrogen-bond acceptors (Lipinski definition) is 6. The number of amides is 1. The Morgan fingerprint density at radius 3 is 2.77 bits per heavy atom. The fourth-order valence-electron chi connectivity index (χ4n) is 2.12. The van der Waals surface area contributed by atoms with E-state index in [9.17, 15) is 19.6 Å². The number of aromatic nitrogens is 1. The number of carbonyl (C=O) groups is 1. The Hall–Kier alpha value is -1.35. The van der Waals surface area contributed by atoms with Crippen LogP contribution in [0, 0.1) is 0 Å². The predicted molar refractivity (Wildman–Crippen MR) is 72.8 cm³/mol. The van der Waals surface area contributed by atoms with Crippen molar-refractivity contribution in [2.75, 3.05) is 13.3 Å². The van der Waals surface area contributed by atoms with Crippen LogP contribution < -0.4 is 10.3 Å². The second-order valence-electron chi connectivity index (χ2n) is 5.05. The molecule has 122 valence electrons. The molecule has 22 heavy (non-hydrogen) atoms. The van der Waals surface area contributed by atoms with Crippen molar-refractivity contribution in [3.63, 3.8) is 0 Å². The minimum Gasteiger partial charge on any atom is -0.387 e. The lowest BCUT2D eigenvalue weighted by Gasteiger charge is -2.14. The summed E-state index contributed by atoms with van der Waals surface area (Å²) in [6.45, 7) is 0.655. The van der Waals surface area contributed by atoms with Gasteiger partial charge in [0.05, 0.1) is 6.61 Å². The van der Waals surface area contributed by atoms with E-state index in [1.54, 1.807) is 6.07 Å². The number of rotatable bonds is 5. The lowest BCUT2D eigenvalue weighted by molar-refractivity contribution is -0.765. The molecule has 2 rings (SSSR count). The molecule has 5 atom stereocenters. The zero-order chi connectivity index (χ0) is 16.5. The van der Waals surface area contributed by atoms with E-state index >= 15 is 0 Å². The smallest absolute Gasteiger partial charge is 0.325 e. The van der Waals surface area contributed by atoms with Gasteiger partial charge in [-0.15, -0.1) is 0 Å². The Morgan fingerprint density at radius 2 is 2.18 bits per heavy atom. The summed E-state index contributed by atoms with van der Waals surface area (Å²) in [6.07, 6.45) is -1.64. The van der Waals surface area contributed by atoms with Crippen LogP contribution in [0.3, 0.4) is 0 Å². The standard InChI is InChI=1S/C12H17N2O7P/c1-22(18,19)20-6-8-9(15)10(16)12(21-8)14-4-2-3-7(5-14)11(13)17/h2-5,8-10,12,15-16H,6H2,1H3,(H2-,13,17,18,19)/p+1/t8-,9-,10-,12-/m1/s1. The van der Waals surface area contributed by atoms with Crippen molar-refractivity contribution in [1.29, 1.82) is 0 Å². The van der Waals surface area contributed by atoms with E-state index in [1.165, 1.54) is 23.0 Å². The van der Waals surface area contributed by atoms with Gasteiger partial charge >= 0.3 is 7.60 Å². The molecular formula is C12H18N2O7P+. The third kappa shape index (κ3) is 3.89. The normalized spacial score (nSPS) is 30.9. The van der Waals surface area contributed by atoms with Crippen molar-refractivity contribution >= 4 is 13.5 Å². The van der Waals surface area contributed by atoms with E-state index in [0.29, 0.717) is 0 Å². The molecule has 1 aliphatic rings. The van der Waals surface area contributed by atoms with Crippen LogP contribution in [-0.2, 0) is 13.8 Å². The molecule has 1 amide bonds. The topological polar surface area (TPSA) is 143 Å². The first-order valence-electron chi connectivity index (χ1n) is 6.46. The van der Waals surface area contributed by atoms with Crippen molar-refractivity contribution < 1.29 is 38.3 Å². The molecule has 1 aliphatic heterocycles. The summed E-state index contributed by atoms with van der Waals surface area (Å²) in [5.41, 5.74) is 5.39. The zero-order valence-corrected chi connectivity index (χ0v) is 12.7. The maximum absolute atomic E-state index is 11.2. The fourth-order valence-corrected chi connectivity index (χ4v) is 2.55. The van der Waals surface area contributed by atoms with Gasteiger partial charge in [0, 0.05) is 12.7 Å². The molecule has 0 saturated carbocycles. The van der Waals surface area contributed by atoms with Crippen LogP contribution in [0.2, 0.25) is 0 Å². The number of pyridine rings is 1. The van der Waals surface area contributed by atoms with Crippen LogP contribution in [0.5, 0.6) is 0 Å². The maximum Gasteiger partial charge on any atom is 0.325 e. The van der Waals surface area contributed by atoms with Gasteiger partial charge in [-0.2, -0.15) is 4.57 Å². The number of primary amides is 1. The lowest BCUT2D eigenvalue weighted by atomic mass is 10.1. The summed E-state index contributed by atoms with van der Waals surface area (Å²) >= 11 is 0. The first-order chi connectivity index (χ1) is 10.2. The van der Waals surface area contributed by atoms with Crippen molar-refractivity contribution in [3.8, 4) is 0 Å². The van der Waals surface area contributed by atoms with Crippen molar-refractivity contribution in [1.82, 2.24) is 0 Å². The molecule has 1 aromatic rings. The Morgan fingerprint density at radius 1 is 1.50 bits per heavy atom. The molecule has 1 saturated heterocycles. The number of aliphatic hydroxyl groups is 2. The lowest BCUT2D eigenvalue weighted by Crippen LogP contribution is -2.46. The highest BCUT2D eigenvalue weighted by Gasteiger charge is 2.48. The highest BCUT2D eigenvalue weighted by Crippen LogP contribution is 2.38. The van der Waals surface area contributed by atoms with Crippen LogP contribution in [0.1, 0.15) is 16.6 Å². The Bertz CT molecular complexity index is 605. The number of carbonyl (C=O) groups excluding carboxylic acids is 1. The van der Waals surface area contributed by atoms with Crippen molar-refractivity contribution in [2.45, 2.75) is 24.5 Å². The quantitative estimate of drug-likeness (QED) is 0.380. The Kier molecular flexibility index (Phi) is 4.96. The summed E-state index contributed by atoms with van der Waals surface area (Å²) < 4.78 is 22.7. The molecule has 5 N–H and O–H groups in total. The van der Waals surface area contributed by atoms with Crippen LogP contribution >= 0.6 is 7.60 Å². The Labute approximate surface area is 126 Å². The number of nitrogens with zero attached hydrogens (tertiary/aromatic N) is 1. The molecule has 0 spiro atoms. The van der Waals surface area contributed by atoms with Crippen molar-refractivity contribution in [2.24, 2.45) is 5.73 Å². The molecule has 1 fully saturated rings. The van der Waals surface area contributed by atoms with Gasteiger partial charge in [-0.25, -0.2) is 0 Å². The van der Waals surface area contributed by atoms with Crippen LogP contribution in [0.4, 0.5) is 0 Å². The van der Waals surface area contributed by atoms with Crippen LogP contribution in [-0.4, -0.2) is 52.6 Å². The van der Waals surface area contributed by atoms with Gasteiger partial charge in [0.25, 0.3) is 12.1 Å². The van der Waals surface area contributed by atoms with Crippen LogP contribution in [0.25, 0.3) is 0 Å². The van der Waals surface area contributed by atoms with E-state index in [1.807, 2.05) is 0 Å². The molecular weight excluding hydrogens is 315 g/mol. The maximum atomic E-state index is 11.2. The number of ether oxygens (including phenoxy) is 1. The van der Waals surface area contributed by atoms with Gasteiger partial charge in [0.15, 0.2) is 18.5 Å². The van der Waals surface area contributed by atoms with E-state index in [-0.39, 0.29) is 12.2 Å². The molecule has 2 heterocycles. The fraction of sp³-hybridized carbons (Fsp3) is 0.500. The molecule has 10 heteroatoms. The van der Waals surface area contributed by atoms with E-state index in [2.05, 4.69) is 0 Å². The minimum absolute atomic E-state index is 0.209. The first kappa shape index (κ1) is 17.0. The Balaban J connectivity index is 2.14. The first-order valence-corrected chi connectivity index (χ1v) is 8.48. The second kappa shape index (κ2) is 6.41. The summed E-state index contributed by atoms with van der Waals surface area (Å²) in [5, 5.41) is 20.0. The van der Waals surface area contributed by atoms with Gasteiger partial charge in [-0.05, 0) is 6.07 Å². The monoisotopic (exact) mass is 333 g/mol. The SMILES string of the molecule is CP(=O)(O)OC[C@H]1O[C@@H]([n+]2cccc(C(N)=O)c2)[C@H](O)[C@@H]1O. The number of nitrogens with two attached hydrogens (primary N) is 1. The molecule has 0 bridgehead atoms. The zero-order valence-electron chi connectivity index (χ0n) is 11.8. The summed E-state index contributed by atoms with van der Waals surface area (Å²) in [7, 11) is -3.72. The van der Waals surface area contributed by atoms with Crippen LogP contribution in [0.15, 0.2) is 24.5 Å². The van der Waals surface area contributed by atoms with Gasteiger partial charge in [0.1, 0.15) is 17.8 Å². The summed E-state index contributed by atoms with van der Waals surface area (Å²) in [5.74, 6) is -0.644. The number of hydrogen-bond donors (Lipinski definition) is 4. The molecule has 1 unspecified atom stereocenters. The molecule has 9 nitrogen and oxygen atoms in total. The van der Waals surface area contributed by atoms with Gasteiger partial charge in [-0.3, -0.25) is 9.36 Å².